The third-order valence-electron chi connectivity index (χ3n) is 2.75. The van der Waals surface area contributed by atoms with Crippen LogP contribution in [0.25, 0.3) is 0 Å². The molecule has 5 nitrogen and oxygen atoms in total. The second-order valence-corrected chi connectivity index (χ2v) is 5.94. The molecule has 1 atom stereocenters. The van der Waals surface area contributed by atoms with Crippen molar-refractivity contribution in [3.05, 3.63) is 23.8 Å². The molecular weight excluding hydrogens is 288 g/mol. The molecule has 0 aliphatic rings. The summed E-state index contributed by atoms with van der Waals surface area (Å²) in [4.78, 5) is 0.254. The van der Waals surface area contributed by atoms with Crippen molar-refractivity contribution in [3.63, 3.8) is 0 Å². The van der Waals surface area contributed by atoms with Gasteiger partial charge >= 0.3 is 0 Å². The molecule has 0 heterocycles. The zero-order valence-electron chi connectivity index (χ0n) is 11.6. The Balaban J connectivity index is 0.00000324. The molecule has 19 heavy (non-hydrogen) atoms. The first-order chi connectivity index (χ1) is 8.40. The van der Waals surface area contributed by atoms with Gasteiger partial charge < -0.3 is 10.1 Å². The fourth-order valence-electron chi connectivity index (χ4n) is 1.44. The molecule has 0 aromatic heterocycles. The van der Waals surface area contributed by atoms with Gasteiger partial charge in [-0.2, -0.15) is 0 Å². The Bertz CT molecular complexity index is 506. The number of hydrogen-bond donors (Lipinski definition) is 2. The van der Waals surface area contributed by atoms with Gasteiger partial charge in [-0.05, 0) is 44.7 Å². The van der Waals surface area contributed by atoms with Gasteiger partial charge in [-0.3, -0.25) is 0 Å². The lowest BCUT2D eigenvalue weighted by atomic mass is 10.2. The molecule has 0 saturated heterocycles. The molecule has 0 fully saturated rings. The molecule has 0 amide bonds. The van der Waals surface area contributed by atoms with Crippen LogP contribution in [-0.4, -0.2) is 35.2 Å². The Morgan fingerprint density at radius 3 is 2.47 bits per heavy atom. The predicted octanol–water partition coefficient (Wildman–Crippen LogP) is 1.31. The standard InChI is InChI=1S/C12H20N2O3S.ClH/c1-9-7-11(5-6-12(9)17-4)18(15,16)14-8-10(2)13-3;/h5-7,10,13-14H,8H2,1-4H3;1H. The summed E-state index contributed by atoms with van der Waals surface area (Å²) in [6, 6.07) is 4.88. The van der Waals surface area contributed by atoms with Crippen LogP contribution >= 0.6 is 12.4 Å². The Morgan fingerprint density at radius 1 is 1.37 bits per heavy atom. The fourth-order valence-corrected chi connectivity index (χ4v) is 2.65. The van der Waals surface area contributed by atoms with Crippen molar-refractivity contribution in [2.45, 2.75) is 24.8 Å². The Labute approximate surface area is 121 Å². The van der Waals surface area contributed by atoms with Crippen LogP contribution in [0.4, 0.5) is 0 Å². The third kappa shape index (κ3) is 4.99. The highest BCUT2D eigenvalue weighted by Gasteiger charge is 2.15. The average molecular weight is 309 g/mol. The molecule has 0 saturated carbocycles. The number of ether oxygens (including phenoxy) is 1. The number of hydrogen-bond acceptors (Lipinski definition) is 4. The Kier molecular flexibility index (Phi) is 7.36. The Morgan fingerprint density at radius 2 is 2.00 bits per heavy atom. The minimum atomic E-state index is -3.46. The van der Waals surface area contributed by atoms with Gasteiger partial charge in [0.05, 0.1) is 12.0 Å². The van der Waals surface area contributed by atoms with E-state index in [0.29, 0.717) is 12.3 Å². The van der Waals surface area contributed by atoms with Crippen molar-refractivity contribution < 1.29 is 13.2 Å². The molecule has 1 aromatic carbocycles. The smallest absolute Gasteiger partial charge is 0.240 e. The quantitative estimate of drug-likeness (QED) is 0.831. The van der Waals surface area contributed by atoms with Gasteiger partial charge in [0.1, 0.15) is 5.75 Å². The maximum absolute atomic E-state index is 12.0. The van der Waals surface area contributed by atoms with Gasteiger partial charge in [0.2, 0.25) is 10.0 Å². The van der Waals surface area contributed by atoms with Crippen LogP contribution in [-0.2, 0) is 10.0 Å². The van der Waals surface area contributed by atoms with E-state index in [4.69, 9.17) is 4.74 Å². The van der Waals surface area contributed by atoms with Gasteiger partial charge in [-0.25, -0.2) is 13.1 Å². The van der Waals surface area contributed by atoms with Crippen LogP contribution in [0, 0.1) is 6.92 Å². The van der Waals surface area contributed by atoms with Crippen LogP contribution in [0.1, 0.15) is 12.5 Å². The maximum Gasteiger partial charge on any atom is 0.240 e. The first-order valence-electron chi connectivity index (χ1n) is 5.72. The molecule has 1 aromatic rings. The van der Waals surface area contributed by atoms with E-state index in [1.54, 1.807) is 26.3 Å². The van der Waals surface area contributed by atoms with Crippen LogP contribution in [0.5, 0.6) is 5.75 Å². The highest BCUT2D eigenvalue weighted by molar-refractivity contribution is 7.89. The fraction of sp³-hybridized carbons (Fsp3) is 0.500. The normalized spacial score (nSPS) is 12.6. The molecule has 1 unspecified atom stereocenters. The van der Waals surface area contributed by atoms with Crippen molar-refractivity contribution in [2.24, 2.45) is 0 Å². The van der Waals surface area contributed by atoms with Gasteiger partial charge in [-0.1, -0.05) is 0 Å². The molecule has 0 radical (unpaired) electrons. The minimum absolute atomic E-state index is 0. The summed E-state index contributed by atoms with van der Waals surface area (Å²) in [5.41, 5.74) is 0.794. The number of nitrogens with one attached hydrogen (secondary N) is 2. The minimum Gasteiger partial charge on any atom is -0.496 e. The van der Waals surface area contributed by atoms with E-state index in [1.807, 2.05) is 13.8 Å². The molecule has 0 aliphatic carbocycles. The van der Waals surface area contributed by atoms with Gasteiger partial charge in [0.25, 0.3) is 0 Å². The molecule has 0 spiro atoms. The molecule has 110 valence electrons. The molecule has 0 aliphatic heterocycles. The highest BCUT2D eigenvalue weighted by atomic mass is 35.5. The van der Waals surface area contributed by atoms with Crippen molar-refractivity contribution in [1.82, 2.24) is 10.0 Å². The largest absolute Gasteiger partial charge is 0.496 e. The number of halogens is 1. The maximum atomic E-state index is 12.0. The topological polar surface area (TPSA) is 67.4 Å². The lowest BCUT2D eigenvalue weighted by Gasteiger charge is -2.13. The first-order valence-corrected chi connectivity index (χ1v) is 7.20. The summed E-state index contributed by atoms with van der Waals surface area (Å²) in [6.07, 6.45) is 0. The second kappa shape index (κ2) is 7.69. The lowest BCUT2D eigenvalue weighted by Crippen LogP contribution is -2.37. The van der Waals surface area contributed by atoms with E-state index in [2.05, 4.69) is 10.0 Å². The lowest BCUT2D eigenvalue weighted by molar-refractivity contribution is 0.411. The highest BCUT2D eigenvalue weighted by Crippen LogP contribution is 2.21. The van der Waals surface area contributed by atoms with Crippen molar-refractivity contribution >= 4 is 22.4 Å². The van der Waals surface area contributed by atoms with Crippen LogP contribution < -0.4 is 14.8 Å². The SMILES string of the molecule is CNC(C)CNS(=O)(=O)c1ccc(OC)c(C)c1.Cl. The molecule has 0 bridgehead atoms. The molecular formula is C12H21ClN2O3S. The summed E-state index contributed by atoms with van der Waals surface area (Å²) in [7, 11) is -0.111. The summed E-state index contributed by atoms with van der Waals surface area (Å²) in [6.45, 7) is 4.07. The second-order valence-electron chi connectivity index (χ2n) is 4.17. The zero-order valence-corrected chi connectivity index (χ0v) is 13.2. The predicted molar refractivity (Wildman–Crippen MR) is 78.7 cm³/mol. The number of aryl methyl sites for hydroxylation is 1. The van der Waals surface area contributed by atoms with Crippen molar-refractivity contribution in [3.8, 4) is 5.75 Å². The van der Waals surface area contributed by atoms with Gasteiger partial charge in [0, 0.05) is 12.6 Å². The van der Waals surface area contributed by atoms with Crippen LogP contribution in [0.2, 0.25) is 0 Å². The third-order valence-corrected chi connectivity index (χ3v) is 4.17. The van der Waals surface area contributed by atoms with E-state index in [1.165, 1.54) is 6.07 Å². The first kappa shape index (κ1) is 18.2. The number of likely N-dealkylation sites (N-methyl/N-ethyl adjacent to an activating group) is 1. The van der Waals surface area contributed by atoms with E-state index in [-0.39, 0.29) is 23.3 Å². The average Bonchev–Trinajstić information content (AvgIpc) is 2.35. The van der Waals surface area contributed by atoms with E-state index < -0.39 is 10.0 Å². The summed E-state index contributed by atoms with van der Waals surface area (Å²) < 4.78 is 31.7. The summed E-state index contributed by atoms with van der Waals surface area (Å²) in [5.74, 6) is 0.678. The van der Waals surface area contributed by atoms with Gasteiger partial charge in [-0.15, -0.1) is 12.4 Å². The van der Waals surface area contributed by atoms with E-state index in [0.717, 1.165) is 5.56 Å². The zero-order chi connectivity index (χ0) is 13.8. The van der Waals surface area contributed by atoms with E-state index in [9.17, 15) is 8.42 Å². The van der Waals surface area contributed by atoms with Gasteiger partial charge in [0.15, 0.2) is 0 Å². The number of methoxy groups -OCH3 is 1. The molecule has 7 heteroatoms. The monoisotopic (exact) mass is 308 g/mol. The summed E-state index contributed by atoms with van der Waals surface area (Å²) >= 11 is 0. The van der Waals surface area contributed by atoms with Crippen LogP contribution in [0.15, 0.2) is 23.1 Å². The summed E-state index contributed by atoms with van der Waals surface area (Å²) in [5, 5.41) is 2.97. The number of sulfonamides is 1. The Hall–Kier alpha value is -0.820. The molecule has 1 rings (SSSR count). The number of benzene rings is 1. The number of rotatable bonds is 6. The van der Waals surface area contributed by atoms with E-state index >= 15 is 0 Å². The van der Waals surface area contributed by atoms with Crippen molar-refractivity contribution in [2.75, 3.05) is 20.7 Å². The van der Waals surface area contributed by atoms with Crippen LogP contribution in [0.3, 0.4) is 0 Å². The van der Waals surface area contributed by atoms with Crippen molar-refractivity contribution in [1.29, 1.82) is 0 Å². The molecule has 2 N–H and O–H groups in total.